The number of anilines is 2. The first kappa shape index (κ1) is 19.7. The van der Waals surface area contributed by atoms with Gasteiger partial charge in [0.2, 0.25) is 0 Å². The van der Waals surface area contributed by atoms with Gasteiger partial charge in [0.25, 0.3) is 10.9 Å². The van der Waals surface area contributed by atoms with E-state index in [1.54, 1.807) is 0 Å². The van der Waals surface area contributed by atoms with E-state index in [2.05, 4.69) is 31.4 Å². The largest absolute Gasteiger partial charge is 0.394 e. The average Bonchev–Trinajstić information content (AvgIpc) is 2.50. The van der Waals surface area contributed by atoms with Crippen molar-refractivity contribution in [3.8, 4) is 0 Å². The van der Waals surface area contributed by atoms with Gasteiger partial charge in [-0.3, -0.25) is 9.59 Å². The lowest BCUT2D eigenvalue weighted by atomic mass is 9.81. The second-order valence-corrected chi connectivity index (χ2v) is 7.52. The Hall–Kier alpha value is -1.36. The van der Waals surface area contributed by atoms with Crippen molar-refractivity contribution in [3.63, 3.8) is 0 Å². The first-order valence-corrected chi connectivity index (χ1v) is 8.76. The van der Waals surface area contributed by atoms with Crippen LogP contribution in [0.2, 0.25) is 0 Å². The Labute approximate surface area is 139 Å². The molecule has 0 atom stereocenters. The quantitative estimate of drug-likeness (QED) is 0.431. The van der Waals surface area contributed by atoms with Gasteiger partial charge in [-0.15, -0.1) is 0 Å². The lowest BCUT2D eigenvalue weighted by Crippen LogP contribution is -2.61. The molecule has 23 heavy (non-hydrogen) atoms. The number of nitrogen functional groups attached to an aromatic ring is 1. The van der Waals surface area contributed by atoms with Crippen molar-refractivity contribution < 1.29 is 0 Å². The van der Waals surface area contributed by atoms with E-state index in [9.17, 15) is 9.59 Å². The molecule has 1 aromatic carbocycles. The molecule has 0 saturated heterocycles. The summed E-state index contributed by atoms with van der Waals surface area (Å²) in [5.74, 6) is 0. The van der Waals surface area contributed by atoms with Gasteiger partial charge >= 0.3 is 0 Å². The van der Waals surface area contributed by atoms with Crippen LogP contribution in [0.1, 0.15) is 73.1 Å². The van der Waals surface area contributed by atoms with Crippen LogP contribution in [0.15, 0.2) is 9.59 Å². The molecule has 132 valence electrons. The minimum absolute atomic E-state index is 0.0507. The van der Waals surface area contributed by atoms with Gasteiger partial charge in [-0.1, -0.05) is 39.0 Å². The van der Waals surface area contributed by atoms with E-state index in [-0.39, 0.29) is 16.9 Å². The summed E-state index contributed by atoms with van der Waals surface area (Å²) in [5.41, 5.74) is 4.17. The van der Waals surface area contributed by atoms with E-state index in [0.717, 1.165) is 13.0 Å². The molecule has 1 aromatic rings. The molecule has 1 rings (SSSR count). The molecule has 5 nitrogen and oxygen atoms in total. The highest BCUT2D eigenvalue weighted by atomic mass is 16.2. The van der Waals surface area contributed by atoms with Gasteiger partial charge in [0.1, 0.15) is 11.4 Å². The third kappa shape index (κ3) is 4.80. The van der Waals surface area contributed by atoms with Gasteiger partial charge in [-0.05, 0) is 40.7 Å². The summed E-state index contributed by atoms with van der Waals surface area (Å²) in [5, 5.41) is 6.72. The molecule has 0 fully saturated rings. The summed E-state index contributed by atoms with van der Waals surface area (Å²) in [6.45, 7) is 11.4. The summed E-state index contributed by atoms with van der Waals surface area (Å²) in [4.78, 5) is 22.8. The molecule has 0 aliphatic rings. The normalized spacial score (nSPS) is 12.7. The van der Waals surface area contributed by atoms with Crippen LogP contribution in [0.25, 0.3) is 0 Å². The van der Waals surface area contributed by atoms with Gasteiger partial charge in [-0.2, -0.15) is 0 Å². The fourth-order valence-corrected chi connectivity index (χ4v) is 2.53. The van der Waals surface area contributed by atoms with E-state index in [1.165, 1.54) is 32.1 Å². The molecule has 0 saturated carbocycles. The topological polar surface area (TPSA) is 84.2 Å². The van der Waals surface area contributed by atoms with Gasteiger partial charge in [-0.25, -0.2) is 0 Å². The number of hydrogen-bond acceptors (Lipinski definition) is 5. The summed E-state index contributed by atoms with van der Waals surface area (Å²) in [6, 6.07) is 0. The molecule has 5 heteroatoms. The van der Waals surface area contributed by atoms with Crippen LogP contribution in [0.3, 0.4) is 0 Å². The van der Waals surface area contributed by atoms with Crippen LogP contribution in [0.5, 0.6) is 0 Å². The molecule has 0 amide bonds. The highest BCUT2D eigenvalue weighted by Crippen LogP contribution is 2.27. The third-order valence-corrected chi connectivity index (χ3v) is 5.04. The van der Waals surface area contributed by atoms with E-state index in [1.807, 2.05) is 13.8 Å². The molecule has 0 aliphatic carbocycles. The molecule has 0 aliphatic heterocycles. The van der Waals surface area contributed by atoms with Gasteiger partial charge in [0.15, 0.2) is 0 Å². The second kappa shape index (κ2) is 7.95. The number of nitrogens with two attached hydrogens (primary N) is 1. The highest BCUT2D eigenvalue weighted by molar-refractivity contribution is 5.72. The van der Waals surface area contributed by atoms with Crippen molar-refractivity contribution in [2.45, 2.75) is 84.2 Å². The van der Waals surface area contributed by atoms with Crippen molar-refractivity contribution in [2.24, 2.45) is 0 Å². The van der Waals surface area contributed by atoms with Crippen LogP contribution in [0, 0.1) is 0 Å². The van der Waals surface area contributed by atoms with Crippen molar-refractivity contribution in [1.29, 1.82) is 0 Å². The Morgan fingerprint density at radius 3 is 2.00 bits per heavy atom. The number of unbranched alkanes of at least 4 members (excludes halogenated alkanes) is 5. The Morgan fingerprint density at radius 1 is 0.870 bits per heavy atom. The van der Waals surface area contributed by atoms with Crippen LogP contribution < -0.4 is 27.2 Å². The Bertz CT molecular complexity index is 569. The SMILES string of the molecule is CCCCCCCCNC(C)(C)C(C)(C)Nc1c(N)c(=O)c1=O. The summed E-state index contributed by atoms with van der Waals surface area (Å²) in [6.07, 6.45) is 7.58. The maximum absolute atomic E-state index is 11.6. The van der Waals surface area contributed by atoms with Crippen LogP contribution in [-0.2, 0) is 0 Å². The van der Waals surface area contributed by atoms with Gasteiger partial charge in [0, 0.05) is 11.1 Å². The molecule has 0 aromatic heterocycles. The number of hydrogen-bond donors (Lipinski definition) is 3. The second-order valence-electron chi connectivity index (χ2n) is 7.52. The van der Waals surface area contributed by atoms with Crippen LogP contribution in [0.4, 0.5) is 11.4 Å². The highest BCUT2D eigenvalue weighted by Gasteiger charge is 2.38. The number of nitrogens with one attached hydrogen (secondary N) is 2. The Kier molecular flexibility index (Phi) is 6.81. The lowest BCUT2D eigenvalue weighted by Gasteiger charge is -2.44. The standard InChI is InChI=1S/C18H33N3O2/c1-6-7-8-9-10-11-12-20-17(2,3)18(4,5)21-14-13(19)15(22)16(14)23/h20-21H,6-12,19H2,1-5H3. The molecular weight excluding hydrogens is 290 g/mol. The van der Waals surface area contributed by atoms with E-state index >= 15 is 0 Å². The van der Waals surface area contributed by atoms with Crippen molar-refractivity contribution >= 4 is 11.4 Å². The Morgan fingerprint density at radius 2 is 1.43 bits per heavy atom. The minimum atomic E-state index is -0.582. The predicted molar refractivity (Wildman–Crippen MR) is 98.9 cm³/mol. The molecular formula is C18H33N3O2. The monoisotopic (exact) mass is 323 g/mol. The zero-order chi connectivity index (χ0) is 17.7. The maximum atomic E-state index is 11.6. The summed E-state index contributed by atoms with van der Waals surface area (Å²) < 4.78 is 0. The van der Waals surface area contributed by atoms with E-state index < -0.39 is 16.4 Å². The van der Waals surface area contributed by atoms with Crippen LogP contribution in [-0.4, -0.2) is 17.6 Å². The zero-order valence-electron chi connectivity index (χ0n) is 15.3. The molecule has 0 spiro atoms. The summed E-state index contributed by atoms with van der Waals surface area (Å²) in [7, 11) is 0. The smallest absolute Gasteiger partial charge is 0.253 e. The van der Waals surface area contributed by atoms with E-state index in [0.29, 0.717) is 0 Å². The van der Waals surface area contributed by atoms with Gasteiger partial charge < -0.3 is 16.4 Å². The molecule has 0 radical (unpaired) electrons. The van der Waals surface area contributed by atoms with Crippen molar-refractivity contribution in [1.82, 2.24) is 5.32 Å². The Balaban J connectivity index is 2.47. The van der Waals surface area contributed by atoms with Gasteiger partial charge in [0.05, 0.1) is 0 Å². The number of rotatable bonds is 11. The predicted octanol–water partition coefficient (Wildman–Crippen LogP) is 2.78. The van der Waals surface area contributed by atoms with Crippen molar-refractivity contribution in [3.05, 3.63) is 20.4 Å². The zero-order valence-corrected chi connectivity index (χ0v) is 15.3. The maximum Gasteiger partial charge on any atom is 0.253 e. The van der Waals surface area contributed by atoms with Crippen LogP contribution >= 0.6 is 0 Å². The average molecular weight is 323 g/mol. The fourth-order valence-electron chi connectivity index (χ4n) is 2.53. The fraction of sp³-hybridized carbons (Fsp3) is 0.778. The molecule has 4 N–H and O–H groups in total. The van der Waals surface area contributed by atoms with E-state index in [4.69, 9.17) is 5.73 Å². The molecule has 0 unspecified atom stereocenters. The molecule has 0 bridgehead atoms. The minimum Gasteiger partial charge on any atom is -0.394 e. The third-order valence-electron chi connectivity index (χ3n) is 5.04. The molecule has 0 heterocycles. The first-order valence-electron chi connectivity index (χ1n) is 8.76. The first-order chi connectivity index (χ1) is 10.6. The van der Waals surface area contributed by atoms with Crippen molar-refractivity contribution in [2.75, 3.05) is 17.6 Å². The summed E-state index contributed by atoms with van der Waals surface area (Å²) >= 11 is 0. The lowest BCUT2D eigenvalue weighted by molar-refractivity contribution is 0.261.